The first kappa shape index (κ1) is 31.3. The van der Waals surface area contributed by atoms with Crippen LogP contribution in [0.1, 0.15) is 11.1 Å². The van der Waals surface area contributed by atoms with Crippen molar-refractivity contribution in [2.75, 3.05) is 0 Å². The van der Waals surface area contributed by atoms with Gasteiger partial charge in [0.15, 0.2) is 0 Å². The van der Waals surface area contributed by atoms with Crippen LogP contribution in [0.5, 0.6) is 23.0 Å². The third-order valence-electron chi connectivity index (χ3n) is 8.70. The summed E-state index contributed by atoms with van der Waals surface area (Å²) >= 11 is 0. The minimum absolute atomic E-state index is 0. The Hall–Kier alpha value is -5.29. The van der Waals surface area contributed by atoms with Crippen molar-refractivity contribution in [1.82, 2.24) is 9.97 Å². The normalized spacial score (nSPS) is 11.7. The van der Waals surface area contributed by atoms with Gasteiger partial charge < -0.3 is 19.4 Å². The van der Waals surface area contributed by atoms with Crippen LogP contribution in [0.25, 0.3) is 33.6 Å². The molecule has 0 bridgehead atoms. The molecule has 0 spiro atoms. The van der Waals surface area contributed by atoms with Crippen LogP contribution in [0.15, 0.2) is 140 Å². The van der Waals surface area contributed by atoms with Crippen molar-refractivity contribution in [2.24, 2.45) is 0 Å². The Morgan fingerprint density at radius 1 is 0.583 bits per heavy atom. The molecule has 2 aliphatic heterocycles. The number of nitrogens with zero attached hydrogens (tertiary/aromatic N) is 2. The Morgan fingerprint density at radius 3 is 2.10 bits per heavy atom. The van der Waals surface area contributed by atoms with Crippen LogP contribution < -0.4 is 25.9 Å². The molecule has 0 saturated carbocycles. The number of hydrogen-bond donors (Lipinski definition) is 0. The second kappa shape index (κ2) is 13.4. The molecule has 0 aliphatic carbocycles. The summed E-state index contributed by atoms with van der Waals surface area (Å²) in [4.78, 5) is 8.97. The van der Waals surface area contributed by atoms with Gasteiger partial charge in [-0.05, 0) is 83.3 Å². The molecule has 2 aromatic heterocycles. The quantitative estimate of drug-likeness (QED) is 0.134. The summed E-state index contributed by atoms with van der Waals surface area (Å²) in [5.41, 5.74) is 11.9. The van der Waals surface area contributed by atoms with Crippen LogP contribution in [0.4, 0.5) is 0 Å². The van der Waals surface area contributed by atoms with E-state index in [4.69, 9.17) is 14.5 Å². The molecule has 0 fully saturated rings. The van der Waals surface area contributed by atoms with Gasteiger partial charge in [0, 0.05) is 43.7 Å². The van der Waals surface area contributed by atoms with Crippen molar-refractivity contribution in [1.29, 1.82) is 0 Å². The van der Waals surface area contributed by atoms with Gasteiger partial charge in [-0.25, -0.2) is 0 Å². The van der Waals surface area contributed by atoms with Crippen molar-refractivity contribution in [3.63, 3.8) is 0 Å². The number of pyridine rings is 2. The maximum Gasteiger partial charge on any atom is 0.241 e. The molecule has 9 rings (SSSR count). The van der Waals surface area contributed by atoms with Crippen LogP contribution in [-0.4, -0.2) is 16.7 Å². The smallest absolute Gasteiger partial charge is 0.241 e. The van der Waals surface area contributed by atoms with E-state index in [9.17, 15) is 0 Å². The average molecular weight is 797 g/mol. The number of hydrogen-bond acceptors (Lipinski definition) is 4. The van der Waals surface area contributed by atoms with Gasteiger partial charge in [0.25, 0.3) is 0 Å². The molecular formula is C42H29BIrN2O2-2. The van der Waals surface area contributed by atoms with Gasteiger partial charge in [0.1, 0.15) is 17.2 Å². The number of para-hydroxylation sites is 1. The second-order valence-corrected chi connectivity index (χ2v) is 11.7. The summed E-state index contributed by atoms with van der Waals surface area (Å²) in [7, 11) is 0. The molecule has 0 unspecified atom stereocenters. The largest absolute Gasteiger partial charge is 0.503 e. The van der Waals surface area contributed by atoms with Crippen molar-refractivity contribution >= 4 is 23.1 Å². The first-order chi connectivity index (χ1) is 23.2. The number of ether oxygens (including phenoxy) is 2. The van der Waals surface area contributed by atoms with Gasteiger partial charge in [-0.15, -0.1) is 59.6 Å². The minimum atomic E-state index is 0. The number of rotatable bonds is 3. The zero-order valence-corrected chi connectivity index (χ0v) is 28.8. The molecule has 4 nitrogen and oxygen atoms in total. The molecule has 2 aliphatic rings. The summed E-state index contributed by atoms with van der Waals surface area (Å²) in [6.07, 6.45) is 3.67. The van der Waals surface area contributed by atoms with E-state index >= 15 is 0 Å². The van der Waals surface area contributed by atoms with Crippen molar-refractivity contribution in [3.8, 4) is 56.6 Å². The SMILES string of the molecule is Cc1cccc(C)c1-c1ccnc(-c2[c-]ccc3c2Oc2cccc4c2B3c2ccccc2O4)c1.[Ir].[c-]1ccccc1-c1ccccn1. The number of aromatic nitrogens is 2. The fourth-order valence-corrected chi connectivity index (χ4v) is 6.60. The molecule has 1 radical (unpaired) electrons. The van der Waals surface area contributed by atoms with E-state index in [1.807, 2.05) is 85.1 Å². The third-order valence-corrected chi connectivity index (χ3v) is 8.70. The molecule has 0 saturated heterocycles. The van der Waals surface area contributed by atoms with E-state index in [1.54, 1.807) is 6.20 Å². The van der Waals surface area contributed by atoms with E-state index in [0.717, 1.165) is 67.5 Å². The van der Waals surface area contributed by atoms with Gasteiger partial charge >= 0.3 is 0 Å². The molecule has 48 heavy (non-hydrogen) atoms. The van der Waals surface area contributed by atoms with Gasteiger partial charge in [0.05, 0.1) is 0 Å². The van der Waals surface area contributed by atoms with Crippen LogP contribution >= 0.6 is 0 Å². The van der Waals surface area contributed by atoms with E-state index in [0.29, 0.717) is 0 Å². The van der Waals surface area contributed by atoms with Gasteiger partial charge in [-0.2, -0.15) is 0 Å². The zero-order chi connectivity index (χ0) is 31.7. The monoisotopic (exact) mass is 797 g/mol. The second-order valence-electron chi connectivity index (χ2n) is 11.7. The molecular weight excluding hydrogens is 768 g/mol. The maximum atomic E-state index is 6.57. The molecule has 233 valence electrons. The standard InChI is InChI=1S/C31H21BNO2.C11H8N.Ir/c1-19-8-5-9-20(2)29(19)21-16-17-33-25(18-21)22-10-6-12-24-31(22)35-28-15-7-14-27-30(28)32(24)23-11-3-4-13-26(23)34-27;1-2-6-10(7-3-1)11-8-4-5-9-12-11;/h3-9,11-18H,1-2H3;1-6,8-9H;/q2*-1;. The first-order valence-electron chi connectivity index (χ1n) is 15.7. The average Bonchev–Trinajstić information content (AvgIpc) is 3.12. The van der Waals surface area contributed by atoms with Gasteiger partial charge in [-0.3, -0.25) is 0 Å². The fourth-order valence-electron chi connectivity index (χ4n) is 6.60. The predicted molar refractivity (Wildman–Crippen MR) is 190 cm³/mol. The molecule has 0 N–H and O–H groups in total. The van der Waals surface area contributed by atoms with Crippen molar-refractivity contribution < 1.29 is 29.6 Å². The van der Waals surface area contributed by atoms with E-state index in [-0.39, 0.29) is 26.8 Å². The Balaban J connectivity index is 0.000000237. The summed E-state index contributed by atoms with van der Waals surface area (Å²) in [6.45, 7) is 4.34. The molecule has 6 heteroatoms. The summed E-state index contributed by atoms with van der Waals surface area (Å²) in [6, 6.07) is 49.2. The molecule has 0 atom stereocenters. The molecule has 4 heterocycles. The van der Waals surface area contributed by atoms with E-state index < -0.39 is 0 Å². The van der Waals surface area contributed by atoms with Crippen LogP contribution in [0.3, 0.4) is 0 Å². The topological polar surface area (TPSA) is 44.2 Å². The number of benzene rings is 5. The fraction of sp³-hybridized carbons (Fsp3) is 0.0476. The molecule has 5 aromatic carbocycles. The number of aryl methyl sites for hydroxylation is 2. The summed E-state index contributed by atoms with van der Waals surface area (Å²) < 4.78 is 12.8. The Labute approximate surface area is 294 Å². The Morgan fingerprint density at radius 2 is 1.31 bits per heavy atom. The Bertz CT molecular complexity index is 2180. The zero-order valence-electron chi connectivity index (χ0n) is 26.4. The Kier molecular flexibility index (Phi) is 8.77. The van der Waals surface area contributed by atoms with Gasteiger partial charge in [0.2, 0.25) is 6.71 Å². The van der Waals surface area contributed by atoms with Crippen molar-refractivity contribution in [2.45, 2.75) is 13.8 Å². The van der Waals surface area contributed by atoms with Gasteiger partial charge in [-0.1, -0.05) is 66.2 Å². The minimum Gasteiger partial charge on any atom is -0.503 e. The van der Waals surface area contributed by atoms with E-state index in [2.05, 4.69) is 79.5 Å². The first-order valence-corrected chi connectivity index (χ1v) is 15.7. The maximum absolute atomic E-state index is 6.57. The molecule has 7 aromatic rings. The van der Waals surface area contributed by atoms with Crippen LogP contribution in [0.2, 0.25) is 0 Å². The predicted octanol–water partition coefficient (Wildman–Crippen LogP) is 8.11. The van der Waals surface area contributed by atoms with Crippen LogP contribution in [-0.2, 0) is 20.1 Å². The number of fused-ring (bicyclic) bond motifs is 4. The van der Waals surface area contributed by atoms with Crippen LogP contribution in [0, 0.1) is 26.0 Å². The summed E-state index contributed by atoms with van der Waals surface area (Å²) in [5, 5.41) is 0. The third kappa shape index (κ3) is 5.75. The molecule has 0 amide bonds. The van der Waals surface area contributed by atoms with Crippen molar-refractivity contribution in [3.05, 3.63) is 163 Å². The van der Waals surface area contributed by atoms with E-state index in [1.165, 1.54) is 16.7 Å². The summed E-state index contributed by atoms with van der Waals surface area (Å²) in [5.74, 6) is 3.37.